The maximum Gasteiger partial charge on any atom is 0.222 e. The lowest BCUT2D eigenvalue weighted by molar-refractivity contribution is 0.381. The van der Waals surface area contributed by atoms with Gasteiger partial charge >= 0.3 is 0 Å². The summed E-state index contributed by atoms with van der Waals surface area (Å²) in [6.07, 6.45) is 8.38. The molecule has 34 heavy (non-hydrogen) atoms. The van der Waals surface area contributed by atoms with Gasteiger partial charge in [-0.3, -0.25) is 9.99 Å². The van der Waals surface area contributed by atoms with Crippen LogP contribution >= 0.6 is 0 Å². The topological polar surface area (TPSA) is 138 Å². The molecule has 10 nitrogen and oxygen atoms in total. The van der Waals surface area contributed by atoms with Crippen molar-refractivity contribution < 1.29 is 0 Å². The van der Waals surface area contributed by atoms with Crippen molar-refractivity contribution in [1.82, 2.24) is 29.9 Å². The van der Waals surface area contributed by atoms with E-state index < -0.39 is 0 Å². The monoisotopic (exact) mass is 456 g/mol. The molecule has 1 aliphatic heterocycles. The van der Waals surface area contributed by atoms with Gasteiger partial charge in [-0.05, 0) is 43.7 Å². The van der Waals surface area contributed by atoms with Crippen LogP contribution in [0.5, 0.6) is 0 Å². The number of aromatic nitrogens is 5. The number of nitrogen functional groups attached to an aromatic ring is 1. The van der Waals surface area contributed by atoms with E-state index in [1.54, 1.807) is 6.20 Å². The van der Waals surface area contributed by atoms with E-state index in [1.807, 2.05) is 55.8 Å². The van der Waals surface area contributed by atoms with E-state index in [-0.39, 0.29) is 11.9 Å². The predicted molar refractivity (Wildman–Crippen MR) is 135 cm³/mol. The Morgan fingerprint density at radius 3 is 2.85 bits per heavy atom. The van der Waals surface area contributed by atoms with Crippen LogP contribution in [0.15, 0.2) is 48.0 Å². The molecular weight excluding hydrogens is 428 g/mol. The SMILES string of the molecule is Cc1cc(N(CCCN)c2cc(-c3c[nH]c4ncc(C5C=NN(C)C5)cc34)nc(N)n2)ccn1. The first-order valence-corrected chi connectivity index (χ1v) is 11.3. The predicted octanol–water partition coefficient (Wildman–Crippen LogP) is 2.81. The summed E-state index contributed by atoms with van der Waals surface area (Å²) in [6, 6.07) is 8.10. The summed E-state index contributed by atoms with van der Waals surface area (Å²) in [6.45, 7) is 4.07. The summed E-state index contributed by atoms with van der Waals surface area (Å²) in [5.74, 6) is 1.13. The molecule has 5 rings (SSSR count). The highest BCUT2D eigenvalue weighted by Gasteiger charge is 2.20. The summed E-state index contributed by atoms with van der Waals surface area (Å²) >= 11 is 0. The minimum Gasteiger partial charge on any atom is -0.368 e. The number of likely N-dealkylation sites (N-methyl/N-ethyl adjacent to an activating group) is 1. The molecule has 1 aliphatic rings. The van der Waals surface area contributed by atoms with E-state index >= 15 is 0 Å². The number of nitrogens with one attached hydrogen (secondary N) is 1. The fraction of sp³-hybridized carbons (Fsp3) is 0.292. The summed E-state index contributed by atoms with van der Waals surface area (Å²) in [5.41, 5.74) is 17.5. The molecule has 5 heterocycles. The minimum atomic E-state index is 0.206. The maximum absolute atomic E-state index is 6.19. The van der Waals surface area contributed by atoms with Gasteiger partial charge in [-0.2, -0.15) is 10.1 Å². The highest BCUT2D eigenvalue weighted by Crippen LogP contribution is 2.33. The molecule has 4 aromatic heterocycles. The Morgan fingerprint density at radius 1 is 1.21 bits per heavy atom. The molecule has 0 bridgehead atoms. The Morgan fingerprint density at radius 2 is 2.09 bits per heavy atom. The van der Waals surface area contributed by atoms with Gasteiger partial charge in [0.15, 0.2) is 0 Å². The number of fused-ring (bicyclic) bond motifs is 1. The van der Waals surface area contributed by atoms with Crippen molar-refractivity contribution in [3.8, 4) is 11.3 Å². The summed E-state index contributed by atoms with van der Waals surface area (Å²) in [5, 5.41) is 7.28. The van der Waals surface area contributed by atoms with Crippen molar-refractivity contribution in [2.24, 2.45) is 10.8 Å². The Hall–Kier alpha value is -4.05. The third-order valence-corrected chi connectivity index (χ3v) is 5.95. The van der Waals surface area contributed by atoms with E-state index in [2.05, 4.69) is 41.0 Å². The van der Waals surface area contributed by atoms with Crippen LogP contribution in [0, 0.1) is 6.92 Å². The number of nitrogens with two attached hydrogens (primary N) is 2. The van der Waals surface area contributed by atoms with Crippen LogP contribution < -0.4 is 16.4 Å². The van der Waals surface area contributed by atoms with Crippen molar-refractivity contribution >= 4 is 34.7 Å². The zero-order valence-electron chi connectivity index (χ0n) is 19.3. The van der Waals surface area contributed by atoms with Crippen molar-refractivity contribution in [1.29, 1.82) is 0 Å². The summed E-state index contributed by atoms with van der Waals surface area (Å²) in [7, 11) is 1.97. The molecule has 0 radical (unpaired) electrons. The molecule has 174 valence electrons. The van der Waals surface area contributed by atoms with Gasteiger partial charge in [0.2, 0.25) is 5.95 Å². The quantitative estimate of drug-likeness (QED) is 0.386. The molecule has 0 fully saturated rings. The van der Waals surface area contributed by atoms with Crippen LogP contribution in [0.2, 0.25) is 0 Å². The lowest BCUT2D eigenvalue weighted by Crippen LogP contribution is -2.22. The third-order valence-electron chi connectivity index (χ3n) is 5.95. The van der Waals surface area contributed by atoms with Gasteiger partial charge in [-0.1, -0.05) is 0 Å². The van der Waals surface area contributed by atoms with E-state index in [4.69, 9.17) is 11.5 Å². The highest BCUT2D eigenvalue weighted by molar-refractivity contribution is 5.94. The summed E-state index contributed by atoms with van der Waals surface area (Å²) in [4.78, 5) is 23.4. The molecule has 4 aromatic rings. The van der Waals surface area contributed by atoms with Crippen LogP contribution in [-0.4, -0.2) is 62.8 Å². The fourth-order valence-corrected chi connectivity index (χ4v) is 4.25. The molecule has 5 N–H and O–H groups in total. The first kappa shape index (κ1) is 21.8. The van der Waals surface area contributed by atoms with E-state index in [0.717, 1.165) is 52.2 Å². The Bertz CT molecular complexity index is 1340. The van der Waals surface area contributed by atoms with Crippen LogP contribution in [-0.2, 0) is 0 Å². The molecule has 10 heteroatoms. The van der Waals surface area contributed by atoms with Gasteiger partial charge in [0.25, 0.3) is 0 Å². The van der Waals surface area contributed by atoms with Crippen LogP contribution in [0.3, 0.4) is 0 Å². The molecule has 1 atom stereocenters. The Balaban J connectivity index is 1.57. The molecule has 1 unspecified atom stereocenters. The third kappa shape index (κ3) is 4.27. The maximum atomic E-state index is 6.19. The normalized spacial score (nSPS) is 15.4. The number of rotatable bonds is 7. The minimum absolute atomic E-state index is 0.206. The number of H-pyrrole nitrogens is 1. The number of pyridine rings is 2. The molecule has 0 aliphatic carbocycles. The molecule has 0 amide bonds. The number of nitrogens with zero attached hydrogens (tertiary/aromatic N) is 7. The van der Waals surface area contributed by atoms with Crippen molar-refractivity contribution in [2.45, 2.75) is 19.3 Å². The Kier molecular flexibility index (Phi) is 5.81. The van der Waals surface area contributed by atoms with Crippen LogP contribution in [0.1, 0.15) is 23.6 Å². The number of anilines is 3. The number of aryl methyl sites for hydroxylation is 1. The largest absolute Gasteiger partial charge is 0.368 e. The summed E-state index contributed by atoms with van der Waals surface area (Å²) < 4.78 is 0. The Labute approximate surface area is 197 Å². The first-order chi connectivity index (χ1) is 16.5. The second-order valence-corrected chi connectivity index (χ2v) is 8.50. The highest BCUT2D eigenvalue weighted by atomic mass is 15.4. The van der Waals surface area contributed by atoms with Gasteiger partial charge in [0.05, 0.1) is 5.69 Å². The molecule has 0 aromatic carbocycles. The van der Waals surface area contributed by atoms with E-state index in [9.17, 15) is 0 Å². The fourth-order valence-electron chi connectivity index (χ4n) is 4.25. The second kappa shape index (κ2) is 9.06. The lowest BCUT2D eigenvalue weighted by atomic mass is 10.0. The van der Waals surface area contributed by atoms with Gasteiger partial charge in [0.1, 0.15) is 11.5 Å². The molecule has 0 saturated carbocycles. The lowest BCUT2D eigenvalue weighted by Gasteiger charge is -2.24. The zero-order chi connectivity index (χ0) is 23.7. The average molecular weight is 457 g/mol. The van der Waals surface area contributed by atoms with E-state index in [0.29, 0.717) is 18.9 Å². The van der Waals surface area contributed by atoms with Gasteiger partial charge in [-0.15, -0.1) is 0 Å². The van der Waals surface area contributed by atoms with Gasteiger partial charge < -0.3 is 21.4 Å². The number of aromatic amines is 1. The zero-order valence-corrected chi connectivity index (χ0v) is 19.3. The number of hydrazone groups is 1. The van der Waals surface area contributed by atoms with Crippen molar-refractivity contribution in [3.05, 3.63) is 54.1 Å². The van der Waals surface area contributed by atoms with E-state index in [1.165, 1.54) is 0 Å². The second-order valence-electron chi connectivity index (χ2n) is 8.50. The first-order valence-electron chi connectivity index (χ1n) is 11.3. The standard InChI is InChI=1S/C24H28N10/c1-15-8-18(4-6-27-15)34(7-3-5-25)22-10-21(31-24(26)32-22)20-13-29-23-19(20)9-16(11-28-23)17-12-30-33(2)14-17/h4,6,8-13,17H,3,5,7,14,25H2,1-2H3,(H,28,29)(H2,26,31,32). The van der Waals surface area contributed by atoms with Crippen molar-refractivity contribution in [3.63, 3.8) is 0 Å². The average Bonchev–Trinajstić information content (AvgIpc) is 3.45. The van der Waals surface area contributed by atoms with Crippen molar-refractivity contribution in [2.75, 3.05) is 37.3 Å². The molecule has 0 saturated heterocycles. The number of hydrogen-bond donors (Lipinski definition) is 3. The molecular formula is C24H28N10. The molecule has 0 spiro atoms. The van der Waals surface area contributed by atoms with Crippen LogP contribution in [0.4, 0.5) is 17.5 Å². The van der Waals surface area contributed by atoms with Gasteiger partial charge in [0, 0.05) is 79.3 Å². The smallest absolute Gasteiger partial charge is 0.222 e. The number of hydrogen-bond acceptors (Lipinski definition) is 9. The van der Waals surface area contributed by atoms with Gasteiger partial charge in [-0.25, -0.2) is 9.97 Å². The van der Waals surface area contributed by atoms with Crippen LogP contribution in [0.25, 0.3) is 22.3 Å².